The summed E-state index contributed by atoms with van der Waals surface area (Å²) in [7, 11) is 1.65. The molecule has 0 saturated heterocycles. The van der Waals surface area contributed by atoms with Crippen LogP contribution in [0.15, 0.2) is 57.7 Å². The highest BCUT2D eigenvalue weighted by Crippen LogP contribution is 2.29. The molecule has 1 aliphatic rings. The zero-order chi connectivity index (χ0) is 21.8. The maximum Gasteiger partial charge on any atom is 0.287 e. The Kier molecular flexibility index (Phi) is 6.23. The van der Waals surface area contributed by atoms with Crippen molar-refractivity contribution >= 4 is 16.9 Å². The van der Waals surface area contributed by atoms with Crippen molar-refractivity contribution in [2.24, 2.45) is 0 Å². The third kappa shape index (κ3) is 4.72. The Balaban J connectivity index is 1.42. The van der Waals surface area contributed by atoms with Crippen LogP contribution >= 0.6 is 0 Å². The van der Waals surface area contributed by atoms with Gasteiger partial charge in [0.1, 0.15) is 23.2 Å². The number of para-hydroxylation sites is 1. The summed E-state index contributed by atoms with van der Waals surface area (Å²) in [5.74, 6) is 1.28. The molecule has 7 heteroatoms. The van der Waals surface area contributed by atoms with E-state index >= 15 is 0 Å². The van der Waals surface area contributed by atoms with Crippen LogP contribution in [0.25, 0.3) is 11.0 Å². The van der Waals surface area contributed by atoms with Crippen LogP contribution in [-0.2, 0) is 6.54 Å². The van der Waals surface area contributed by atoms with E-state index in [0.29, 0.717) is 30.6 Å². The van der Waals surface area contributed by atoms with Crippen LogP contribution in [-0.4, -0.2) is 43.7 Å². The molecule has 4 rings (SSSR count). The van der Waals surface area contributed by atoms with Gasteiger partial charge in [0.05, 0.1) is 12.5 Å². The van der Waals surface area contributed by atoms with Gasteiger partial charge >= 0.3 is 0 Å². The van der Waals surface area contributed by atoms with E-state index in [2.05, 4.69) is 17.1 Å². The number of nitrogens with one attached hydrogen (secondary N) is 1. The van der Waals surface area contributed by atoms with Gasteiger partial charge in [-0.1, -0.05) is 19.1 Å². The fraction of sp³-hybridized carbons (Fsp3) is 0.333. The van der Waals surface area contributed by atoms with E-state index in [1.165, 1.54) is 6.07 Å². The number of benzene rings is 2. The summed E-state index contributed by atoms with van der Waals surface area (Å²) in [6.07, 6.45) is 0.959. The fourth-order valence-corrected chi connectivity index (χ4v) is 3.74. The van der Waals surface area contributed by atoms with Gasteiger partial charge in [-0.2, -0.15) is 0 Å². The Morgan fingerprint density at radius 1 is 1.23 bits per heavy atom. The largest absolute Gasteiger partial charge is 0.497 e. The van der Waals surface area contributed by atoms with Gasteiger partial charge in [-0.05, 0) is 36.8 Å². The number of fused-ring (bicyclic) bond motifs is 2. The van der Waals surface area contributed by atoms with E-state index in [4.69, 9.17) is 13.9 Å². The molecule has 2 heterocycles. The Morgan fingerprint density at radius 3 is 2.87 bits per heavy atom. The topological polar surface area (TPSA) is 81.0 Å². The average molecular weight is 422 g/mol. The first-order chi connectivity index (χ1) is 15.1. The zero-order valence-electron chi connectivity index (χ0n) is 17.7. The number of nitrogens with zero attached hydrogens (tertiary/aromatic N) is 1. The monoisotopic (exact) mass is 422 g/mol. The third-order valence-electron chi connectivity index (χ3n) is 5.44. The van der Waals surface area contributed by atoms with Gasteiger partial charge in [-0.25, -0.2) is 0 Å². The minimum Gasteiger partial charge on any atom is -0.497 e. The van der Waals surface area contributed by atoms with E-state index in [-0.39, 0.29) is 17.3 Å². The summed E-state index contributed by atoms with van der Waals surface area (Å²) in [6.45, 7) is 4.62. The van der Waals surface area contributed by atoms with Crippen LogP contribution in [0.4, 0.5) is 0 Å². The first-order valence-electron chi connectivity index (χ1n) is 10.4. The number of ether oxygens (including phenoxy) is 2. The number of amides is 1. The lowest BCUT2D eigenvalue weighted by atomic mass is 10.2. The lowest BCUT2D eigenvalue weighted by Crippen LogP contribution is -2.38. The highest BCUT2D eigenvalue weighted by Gasteiger charge is 2.22. The van der Waals surface area contributed by atoms with E-state index in [0.717, 1.165) is 30.0 Å². The molecule has 1 N–H and O–H groups in total. The highest BCUT2D eigenvalue weighted by molar-refractivity contribution is 5.93. The molecule has 0 radical (unpaired) electrons. The summed E-state index contributed by atoms with van der Waals surface area (Å²) in [6, 6.07) is 14.0. The van der Waals surface area contributed by atoms with Crippen molar-refractivity contribution in [2.75, 3.05) is 26.7 Å². The van der Waals surface area contributed by atoms with Crippen molar-refractivity contribution in [3.05, 3.63) is 70.1 Å². The summed E-state index contributed by atoms with van der Waals surface area (Å²) >= 11 is 0. The van der Waals surface area contributed by atoms with Crippen LogP contribution in [0, 0.1) is 0 Å². The van der Waals surface area contributed by atoms with Gasteiger partial charge in [-0.15, -0.1) is 0 Å². The van der Waals surface area contributed by atoms with E-state index < -0.39 is 5.91 Å². The minimum atomic E-state index is -0.400. The van der Waals surface area contributed by atoms with Crippen LogP contribution in [0.3, 0.4) is 0 Å². The summed E-state index contributed by atoms with van der Waals surface area (Å²) in [5, 5.41) is 3.32. The molecule has 0 fully saturated rings. The average Bonchev–Trinajstić information content (AvgIpc) is 2.97. The predicted molar refractivity (Wildman–Crippen MR) is 118 cm³/mol. The molecule has 1 aliphatic heterocycles. The van der Waals surface area contributed by atoms with Crippen molar-refractivity contribution in [2.45, 2.75) is 26.0 Å². The van der Waals surface area contributed by atoms with Gasteiger partial charge in [0.25, 0.3) is 5.91 Å². The summed E-state index contributed by atoms with van der Waals surface area (Å²) < 4.78 is 17.1. The smallest absolute Gasteiger partial charge is 0.287 e. The number of methoxy groups -OCH3 is 1. The Labute approximate surface area is 180 Å². The van der Waals surface area contributed by atoms with Gasteiger partial charge in [0.2, 0.25) is 0 Å². The summed E-state index contributed by atoms with van der Waals surface area (Å²) in [4.78, 5) is 27.0. The first kappa shape index (κ1) is 20.9. The third-order valence-corrected chi connectivity index (χ3v) is 5.44. The molecule has 1 amide bonds. The Bertz CT molecular complexity index is 1140. The molecule has 31 heavy (non-hydrogen) atoms. The standard InChI is InChI=1S/C24H26N2O5/c1-3-17-15-26(14-16-12-18(29-2)8-9-21(16)30-17)11-10-25-24(28)23-13-20(27)19-6-4-5-7-22(19)31-23/h4-9,12-13,17H,3,10-11,14-15H2,1-2H3,(H,25,28). The maximum atomic E-state index is 12.5. The molecule has 0 spiro atoms. The number of rotatable bonds is 6. The Hall–Kier alpha value is -3.32. The van der Waals surface area contributed by atoms with Gasteiger partial charge in [0, 0.05) is 37.8 Å². The lowest BCUT2D eigenvalue weighted by Gasteiger charge is -2.23. The predicted octanol–water partition coefficient (Wildman–Crippen LogP) is 3.20. The molecule has 0 aliphatic carbocycles. The molecule has 3 aromatic rings. The van der Waals surface area contributed by atoms with E-state index in [9.17, 15) is 9.59 Å². The van der Waals surface area contributed by atoms with Gasteiger partial charge in [0.15, 0.2) is 11.2 Å². The normalized spacial score (nSPS) is 16.3. The maximum absolute atomic E-state index is 12.5. The van der Waals surface area contributed by atoms with Crippen molar-refractivity contribution in [1.82, 2.24) is 10.2 Å². The van der Waals surface area contributed by atoms with Crippen LogP contribution in [0.5, 0.6) is 11.5 Å². The molecular weight excluding hydrogens is 396 g/mol. The second kappa shape index (κ2) is 9.22. The second-order valence-electron chi connectivity index (χ2n) is 7.58. The molecule has 0 saturated carbocycles. The lowest BCUT2D eigenvalue weighted by molar-refractivity contribution is 0.0916. The number of carbonyl (C=O) groups excluding carboxylic acids is 1. The molecular formula is C24H26N2O5. The van der Waals surface area contributed by atoms with Crippen LogP contribution in [0.1, 0.15) is 29.5 Å². The highest BCUT2D eigenvalue weighted by atomic mass is 16.5. The molecule has 7 nitrogen and oxygen atoms in total. The zero-order valence-corrected chi connectivity index (χ0v) is 17.7. The van der Waals surface area contributed by atoms with Crippen LogP contribution in [0.2, 0.25) is 0 Å². The second-order valence-corrected chi connectivity index (χ2v) is 7.58. The number of hydrogen-bond donors (Lipinski definition) is 1. The van der Waals surface area contributed by atoms with E-state index in [1.54, 1.807) is 31.4 Å². The van der Waals surface area contributed by atoms with Crippen molar-refractivity contribution < 1.29 is 18.7 Å². The quantitative estimate of drug-likeness (QED) is 0.657. The van der Waals surface area contributed by atoms with Gasteiger partial charge in [-0.3, -0.25) is 14.5 Å². The molecule has 0 bridgehead atoms. The summed E-state index contributed by atoms with van der Waals surface area (Å²) in [5.41, 5.74) is 1.23. The first-order valence-corrected chi connectivity index (χ1v) is 10.4. The van der Waals surface area contributed by atoms with Crippen molar-refractivity contribution in [3.8, 4) is 11.5 Å². The fourth-order valence-electron chi connectivity index (χ4n) is 3.74. The number of hydrogen-bond acceptors (Lipinski definition) is 6. The minimum absolute atomic E-state index is 0.0180. The number of carbonyl (C=O) groups is 1. The molecule has 1 aromatic heterocycles. The van der Waals surface area contributed by atoms with Crippen molar-refractivity contribution in [3.63, 3.8) is 0 Å². The SMILES string of the molecule is CCC1CN(CCNC(=O)c2cc(=O)c3ccccc3o2)Cc2cc(OC)ccc2O1. The van der Waals surface area contributed by atoms with E-state index in [1.807, 2.05) is 18.2 Å². The molecule has 162 valence electrons. The molecule has 2 aromatic carbocycles. The Morgan fingerprint density at radius 2 is 2.06 bits per heavy atom. The molecule has 1 atom stereocenters. The van der Waals surface area contributed by atoms with Crippen LogP contribution < -0.4 is 20.2 Å². The van der Waals surface area contributed by atoms with Gasteiger partial charge < -0.3 is 19.2 Å². The van der Waals surface area contributed by atoms with Crippen molar-refractivity contribution in [1.29, 1.82) is 0 Å². The molecule has 1 unspecified atom stereocenters.